The number of hydrogen-bond acceptors (Lipinski definition) is 4. The Hall–Kier alpha value is -2.35. The number of amides is 1. The summed E-state index contributed by atoms with van der Waals surface area (Å²) in [5.41, 5.74) is 0.598. The summed E-state index contributed by atoms with van der Waals surface area (Å²) in [6.07, 6.45) is 0.533. The third-order valence-electron chi connectivity index (χ3n) is 4.51. The number of halogens is 2. The summed E-state index contributed by atoms with van der Waals surface area (Å²) in [6, 6.07) is 1.89. The lowest BCUT2D eigenvalue weighted by Crippen LogP contribution is -2.40. The molecular weight excluding hydrogens is 330 g/mol. The molecule has 134 valence electrons. The van der Waals surface area contributed by atoms with Gasteiger partial charge in [-0.25, -0.2) is 8.78 Å². The molecule has 0 bridgehead atoms. The fourth-order valence-corrected chi connectivity index (χ4v) is 3.15. The van der Waals surface area contributed by atoms with E-state index in [1.165, 1.54) is 0 Å². The standard InChI is InChI=1S/C17H20F2N4O2/c1-10-6-13(18)14(19)8-12(10)17(24)22-4-5-23-15(7-11(22)2)20-21-16(23)9-25-3/h6,8,11H,4-5,7,9H2,1-3H3. The second-order valence-electron chi connectivity index (χ2n) is 6.25. The fourth-order valence-electron chi connectivity index (χ4n) is 3.15. The number of fused-ring (bicyclic) bond motifs is 1. The Morgan fingerprint density at radius 1 is 1.28 bits per heavy atom. The van der Waals surface area contributed by atoms with Crippen LogP contribution >= 0.6 is 0 Å². The van der Waals surface area contributed by atoms with E-state index in [-0.39, 0.29) is 17.5 Å². The summed E-state index contributed by atoms with van der Waals surface area (Å²) in [4.78, 5) is 14.6. The summed E-state index contributed by atoms with van der Waals surface area (Å²) >= 11 is 0. The van der Waals surface area contributed by atoms with Crippen LogP contribution in [0.4, 0.5) is 8.78 Å². The zero-order chi connectivity index (χ0) is 18.1. The van der Waals surface area contributed by atoms with Gasteiger partial charge in [0.25, 0.3) is 5.91 Å². The van der Waals surface area contributed by atoms with Crippen LogP contribution in [0.1, 0.15) is 34.5 Å². The van der Waals surface area contributed by atoms with Crippen LogP contribution in [0.5, 0.6) is 0 Å². The van der Waals surface area contributed by atoms with E-state index in [1.54, 1.807) is 18.9 Å². The topological polar surface area (TPSA) is 60.3 Å². The molecule has 1 atom stereocenters. The van der Waals surface area contributed by atoms with Crippen LogP contribution < -0.4 is 0 Å². The molecule has 3 rings (SSSR count). The molecule has 1 amide bonds. The van der Waals surface area contributed by atoms with Gasteiger partial charge in [-0.05, 0) is 31.5 Å². The molecule has 1 aromatic heterocycles. The maximum absolute atomic E-state index is 13.6. The average Bonchev–Trinajstić information content (AvgIpc) is 2.84. The van der Waals surface area contributed by atoms with Crippen molar-refractivity contribution < 1.29 is 18.3 Å². The van der Waals surface area contributed by atoms with Crippen molar-refractivity contribution in [1.82, 2.24) is 19.7 Å². The quantitative estimate of drug-likeness (QED) is 0.851. The minimum atomic E-state index is -1.02. The lowest BCUT2D eigenvalue weighted by molar-refractivity contribution is 0.0693. The summed E-state index contributed by atoms with van der Waals surface area (Å²) < 4.78 is 34.0. The summed E-state index contributed by atoms with van der Waals surface area (Å²) in [7, 11) is 1.59. The van der Waals surface area contributed by atoms with Crippen LogP contribution in [0.3, 0.4) is 0 Å². The highest BCUT2D eigenvalue weighted by atomic mass is 19.2. The van der Waals surface area contributed by atoms with Gasteiger partial charge in [0.05, 0.1) is 0 Å². The summed E-state index contributed by atoms with van der Waals surface area (Å²) in [6.45, 7) is 4.81. The lowest BCUT2D eigenvalue weighted by atomic mass is 10.1. The Kier molecular flexibility index (Phi) is 4.80. The number of methoxy groups -OCH3 is 1. The van der Waals surface area contributed by atoms with Crippen LogP contribution in [-0.4, -0.2) is 45.3 Å². The third-order valence-corrected chi connectivity index (χ3v) is 4.51. The van der Waals surface area contributed by atoms with E-state index < -0.39 is 11.6 Å². The van der Waals surface area contributed by atoms with Gasteiger partial charge in [0.2, 0.25) is 0 Å². The van der Waals surface area contributed by atoms with Crippen molar-refractivity contribution in [3.8, 4) is 0 Å². The molecule has 2 heterocycles. The van der Waals surface area contributed by atoms with Crippen LogP contribution in [0.25, 0.3) is 0 Å². The molecule has 1 aliphatic rings. The molecule has 0 saturated heterocycles. The maximum atomic E-state index is 13.6. The molecule has 0 radical (unpaired) electrons. The fraction of sp³-hybridized carbons (Fsp3) is 0.471. The van der Waals surface area contributed by atoms with Crippen molar-refractivity contribution >= 4 is 5.91 Å². The van der Waals surface area contributed by atoms with Crippen LogP contribution in [-0.2, 0) is 24.3 Å². The lowest BCUT2D eigenvalue weighted by Gasteiger charge is -2.27. The smallest absolute Gasteiger partial charge is 0.254 e. The minimum absolute atomic E-state index is 0.138. The SMILES string of the molecule is COCc1nnc2n1CCN(C(=O)c1cc(F)c(F)cc1C)C(C)C2. The molecule has 2 aromatic rings. The molecule has 1 unspecified atom stereocenters. The van der Waals surface area contributed by atoms with Gasteiger partial charge < -0.3 is 14.2 Å². The maximum Gasteiger partial charge on any atom is 0.254 e. The van der Waals surface area contributed by atoms with Gasteiger partial charge in [-0.3, -0.25) is 4.79 Å². The summed E-state index contributed by atoms with van der Waals surface area (Å²) in [5.74, 6) is -0.778. The Bertz CT molecular complexity index is 806. The number of benzene rings is 1. The third kappa shape index (κ3) is 3.26. The first-order chi connectivity index (χ1) is 11.9. The first kappa shape index (κ1) is 17.5. The van der Waals surface area contributed by atoms with Crippen molar-refractivity contribution in [2.45, 2.75) is 39.5 Å². The van der Waals surface area contributed by atoms with E-state index in [4.69, 9.17) is 4.74 Å². The molecule has 0 N–H and O–H groups in total. The molecule has 1 aromatic carbocycles. The normalized spacial score (nSPS) is 17.3. The van der Waals surface area contributed by atoms with E-state index in [0.29, 0.717) is 37.5 Å². The van der Waals surface area contributed by atoms with Crippen LogP contribution in [0, 0.1) is 18.6 Å². The molecular formula is C17H20F2N4O2. The molecule has 0 spiro atoms. The number of nitrogens with zero attached hydrogens (tertiary/aromatic N) is 4. The Morgan fingerprint density at radius 3 is 2.72 bits per heavy atom. The zero-order valence-electron chi connectivity index (χ0n) is 14.4. The van der Waals surface area contributed by atoms with Crippen molar-refractivity contribution in [3.63, 3.8) is 0 Å². The Morgan fingerprint density at radius 2 is 2.00 bits per heavy atom. The van der Waals surface area contributed by atoms with Crippen molar-refractivity contribution in [1.29, 1.82) is 0 Å². The van der Waals surface area contributed by atoms with Gasteiger partial charge in [0.15, 0.2) is 17.5 Å². The van der Waals surface area contributed by atoms with Crippen molar-refractivity contribution in [3.05, 3.63) is 46.5 Å². The second-order valence-corrected chi connectivity index (χ2v) is 6.25. The van der Waals surface area contributed by atoms with Crippen LogP contribution in [0.2, 0.25) is 0 Å². The van der Waals surface area contributed by atoms with Gasteiger partial charge in [-0.15, -0.1) is 10.2 Å². The van der Waals surface area contributed by atoms with E-state index >= 15 is 0 Å². The molecule has 6 nitrogen and oxygen atoms in total. The van der Waals surface area contributed by atoms with Gasteiger partial charge in [-0.2, -0.15) is 0 Å². The summed E-state index contributed by atoms with van der Waals surface area (Å²) in [5, 5.41) is 8.30. The van der Waals surface area contributed by atoms with E-state index in [2.05, 4.69) is 10.2 Å². The predicted octanol–water partition coefficient (Wildman–Crippen LogP) is 2.10. The monoisotopic (exact) mass is 350 g/mol. The highest BCUT2D eigenvalue weighted by molar-refractivity contribution is 5.95. The van der Waals surface area contributed by atoms with E-state index in [9.17, 15) is 13.6 Å². The average molecular weight is 350 g/mol. The number of carbonyl (C=O) groups is 1. The van der Waals surface area contributed by atoms with Crippen molar-refractivity contribution in [2.75, 3.05) is 13.7 Å². The first-order valence-corrected chi connectivity index (χ1v) is 8.09. The van der Waals surface area contributed by atoms with E-state index in [1.807, 2.05) is 11.5 Å². The van der Waals surface area contributed by atoms with E-state index in [0.717, 1.165) is 18.0 Å². The van der Waals surface area contributed by atoms with Gasteiger partial charge in [0.1, 0.15) is 12.4 Å². The number of aromatic nitrogens is 3. The van der Waals surface area contributed by atoms with Gasteiger partial charge >= 0.3 is 0 Å². The number of rotatable bonds is 3. The number of carbonyl (C=O) groups excluding carboxylic acids is 1. The predicted molar refractivity (Wildman–Crippen MR) is 86.0 cm³/mol. The minimum Gasteiger partial charge on any atom is -0.377 e. The Labute approximate surface area is 144 Å². The van der Waals surface area contributed by atoms with Crippen molar-refractivity contribution in [2.24, 2.45) is 0 Å². The molecule has 0 saturated carbocycles. The van der Waals surface area contributed by atoms with Gasteiger partial charge in [0, 0.05) is 38.2 Å². The zero-order valence-corrected chi connectivity index (χ0v) is 14.4. The first-order valence-electron chi connectivity index (χ1n) is 8.09. The largest absolute Gasteiger partial charge is 0.377 e. The van der Waals surface area contributed by atoms with Gasteiger partial charge in [-0.1, -0.05) is 0 Å². The Balaban J connectivity index is 1.87. The molecule has 1 aliphatic heterocycles. The molecule has 25 heavy (non-hydrogen) atoms. The number of hydrogen-bond donors (Lipinski definition) is 0. The molecule has 0 aliphatic carbocycles. The highest BCUT2D eigenvalue weighted by Gasteiger charge is 2.29. The molecule has 8 heteroatoms. The number of aryl methyl sites for hydroxylation is 1. The highest BCUT2D eigenvalue weighted by Crippen LogP contribution is 2.21. The molecule has 0 fully saturated rings. The number of ether oxygens (including phenoxy) is 1. The second kappa shape index (κ2) is 6.87. The van der Waals surface area contributed by atoms with Crippen LogP contribution in [0.15, 0.2) is 12.1 Å².